The molecule has 27 heavy (non-hydrogen) atoms. The van der Waals surface area contributed by atoms with E-state index in [1.54, 1.807) is 31.4 Å². The van der Waals surface area contributed by atoms with Crippen LogP contribution in [0.15, 0.2) is 34.2 Å². The van der Waals surface area contributed by atoms with Gasteiger partial charge in [-0.25, -0.2) is 0 Å². The molecule has 0 bridgehead atoms. The zero-order chi connectivity index (χ0) is 19.8. The maximum atomic E-state index is 12.2. The summed E-state index contributed by atoms with van der Waals surface area (Å²) in [4.78, 5) is 17.0. The standard InChI is InChI=1S/C18H25N5O3S/c1-4-22(5-2)11-10-19-20-12-15-16(24)21-18(27)23(17(15)25)13-6-8-14(26-3)9-7-13/h6-9,12,19,25H,4-5,10-11H2,1-3H3,(H,21,24,27)/b20-12+. The lowest BCUT2D eigenvalue weighted by Crippen LogP contribution is -2.30. The minimum absolute atomic E-state index is 0.0229. The SMILES string of the molecule is CCN(CC)CCN/N=C/c1c(O)n(-c2ccc(OC)cc2)c(=S)[nH]c1=O. The van der Waals surface area contributed by atoms with E-state index in [0.29, 0.717) is 18.0 Å². The first-order valence-corrected chi connectivity index (χ1v) is 9.13. The molecule has 2 rings (SSSR count). The van der Waals surface area contributed by atoms with Crippen LogP contribution in [0.1, 0.15) is 19.4 Å². The Bertz CT molecular complexity index is 885. The molecule has 0 saturated heterocycles. The lowest BCUT2D eigenvalue weighted by atomic mass is 10.2. The average Bonchev–Trinajstić information content (AvgIpc) is 2.67. The quantitative estimate of drug-likeness (QED) is 0.261. The summed E-state index contributed by atoms with van der Waals surface area (Å²) in [5, 5.41) is 14.6. The largest absolute Gasteiger partial charge is 0.497 e. The number of nitrogens with one attached hydrogen (secondary N) is 2. The van der Waals surface area contributed by atoms with Gasteiger partial charge in [0, 0.05) is 13.1 Å². The molecule has 0 aliphatic carbocycles. The predicted molar refractivity (Wildman–Crippen MR) is 109 cm³/mol. The number of likely N-dealkylation sites (N-methyl/N-ethyl adjacent to an activating group) is 1. The molecular formula is C18H25N5O3S. The highest BCUT2D eigenvalue weighted by atomic mass is 32.1. The molecule has 1 aromatic carbocycles. The van der Waals surface area contributed by atoms with E-state index >= 15 is 0 Å². The average molecular weight is 391 g/mol. The van der Waals surface area contributed by atoms with Gasteiger partial charge < -0.3 is 20.2 Å². The van der Waals surface area contributed by atoms with E-state index < -0.39 is 5.56 Å². The summed E-state index contributed by atoms with van der Waals surface area (Å²) in [6.07, 6.45) is 1.30. The zero-order valence-corrected chi connectivity index (χ0v) is 16.5. The van der Waals surface area contributed by atoms with Crippen LogP contribution >= 0.6 is 12.2 Å². The molecule has 1 aromatic heterocycles. The minimum Gasteiger partial charge on any atom is -0.497 e. The van der Waals surface area contributed by atoms with E-state index in [2.05, 4.69) is 34.3 Å². The highest BCUT2D eigenvalue weighted by molar-refractivity contribution is 7.71. The van der Waals surface area contributed by atoms with Crippen molar-refractivity contribution in [2.75, 3.05) is 33.3 Å². The van der Waals surface area contributed by atoms with Gasteiger partial charge >= 0.3 is 0 Å². The molecule has 0 atom stereocenters. The number of aromatic nitrogens is 2. The third-order valence-corrected chi connectivity index (χ3v) is 4.46. The summed E-state index contributed by atoms with van der Waals surface area (Å²) >= 11 is 5.19. The molecule has 3 N–H and O–H groups in total. The Labute approximate surface area is 163 Å². The van der Waals surface area contributed by atoms with Crippen LogP contribution < -0.4 is 15.7 Å². The van der Waals surface area contributed by atoms with E-state index in [4.69, 9.17) is 17.0 Å². The molecule has 9 heteroatoms. The number of hydrogen-bond acceptors (Lipinski definition) is 7. The second kappa shape index (κ2) is 9.89. The number of hydrogen-bond donors (Lipinski definition) is 3. The monoisotopic (exact) mass is 391 g/mol. The van der Waals surface area contributed by atoms with Crippen LogP contribution in [0, 0.1) is 4.77 Å². The lowest BCUT2D eigenvalue weighted by molar-refractivity contribution is 0.303. The number of methoxy groups -OCH3 is 1. The molecule has 8 nitrogen and oxygen atoms in total. The fraction of sp³-hybridized carbons (Fsp3) is 0.389. The Kier molecular flexibility index (Phi) is 7.56. The van der Waals surface area contributed by atoms with Crippen LogP contribution in [-0.4, -0.2) is 59.1 Å². The van der Waals surface area contributed by atoms with Gasteiger partial charge in [0.25, 0.3) is 5.56 Å². The van der Waals surface area contributed by atoms with Gasteiger partial charge in [0.2, 0.25) is 5.88 Å². The predicted octanol–water partition coefficient (Wildman–Crippen LogP) is 1.87. The number of aromatic amines is 1. The normalized spacial score (nSPS) is 11.3. The van der Waals surface area contributed by atoms with E-state index in [9.17, 15) is 9.90 Å². The Morgan fingerprint density at radius 2 is 2.00 bits per heavy atom. The molecule has 0 saturated carbocycles. The zero-order valence-electron chi connectivity index (χ0n) is 15.7. The van der Waals surface area contributed by atoms with E-state index in [1.165, 1.54) is 10.8 Å². The van der Waals surface area contributed by atoms with Gasteiger partial charge in [0.1, 0.15) is 11.3 Å². The van der Waals surface area contributed by atoms with Crippen molar-refractivity contribution in [1.82, 2.24) is 19.9 Å². The van der Waals surface area contributed by atoms with Gasteiger partial charge in [-0.3, -0.25) is 14.3 Å². The highest BCUT2D eigenvalue weighted by Gasteiger charge is 2.12. The topological polar surface area (TPSA) is 94.9 Å². The fourth-order valence-electron chi connectivity index (χ4n) is 2.55. The molecule has 1 heterocycles. The molecule has 0 aliphatic rings. The minimum atomic E-state index is -0.503. The molecular weight excluding hydrogens is 366 g/mol. The molecule has 0 unspecified atom stereocenters. The van der Waals surface area contributed by atoms with Crippen LogP contribution in [0.3, 0.4) is 0 Å². The molecule has 0 amide bonds. The summed E-state index contributed by atoms with van der Waals surface area (Å²) in [6, 6.07) is 6.94. The van der Waals surface area contributed by atoms with Crippen molar-refractivity contribution in [2.24, 2.45) is 5.10 Å². The number of ether oxygens (including phenoxy) is 1. The molecule has 0 fully saturated rings. The van der Waals surface area contributed by atoms with Crippen molar-refractivity contribution in [2.45, 2.75) is 13.8 Å². The lowest BCUT2D eigenvalue weighted by Gasteiger charge is -2.17. The Hall–Kier alpha value is -2.65. The maximum Gasteiger partial charge on any atom is 0.264 e. The van der Waals surface area contributed by atoms with E-state index in [1.807, 2.05) is 0 Å². The van der Waals surface area contributed by atoms with Crippen molar-refractivity contribution >= 4 is 18.4 Å². The number of benzene rings is 1. The van der Waals surface area contributed by atoms with Gasteiger partial charge in [0.15, 0.2) is 4.77 Å². The van der Waals surface area contributed by atoms with Crippen molar-refractivity contribution in [3.8, 4) is 17.3 Å². The van der Waals surface area contributed by atoms with Crippen molar-refractivity contribution < 1.29 is 9.84 Å². The molecule has 0 radical (unpaired) electrons. The fourth-order valence-corrected chi connectivity index (χ4v) is 2.83. The van der Waals surface area contributed by atoms with Crippen LogP contribution in [0.25, 0.3) is 5.69 Å². The molecule has 146 valence electrons. The number of aromatic hydroxyl groups is 1. The van der Waals surface area contributed by atoms with Gasteiger partial charge in [-0.05, 0) is 49.6 Å². The summed E-state index contributed by atoms with van der Waals surface area (Å²) in [5.74, 6) is 0.400. The van der Waals surface area contributed by atoms with Crippen molar-refractivity contribution in [3.63, 3.8) is 0 Å². The Morgan fingerprint density at radius 1 is 1.33 bits per heavy atom. The van der Waals surface area contributed by atoms with Crippen LogP contribution in [0.2, 0.25) is 0 Å². The first-order valence-electron chi connectivity index (χ1n) is 8.72. The number of hydrazone groups is 1. The van der Waals surface area contributed by atoms with E-state index in [0.717, 1.165) is 19.6 Å². The smallest absolute Gasteiger partial charge is 0.264 e. The van der Waals surface area contributed by atoms with E-state index in [-0.39, 0.29) is 16.2 Å². The van der Waals surface area contributed by atoms with Crippen LogP contribution in [-0.2, 0) is 0 Å². The molecule has 2 aromatic rings. The van der Waals surface area contributed by atoms with Gasteiger partial charge in [0.05, 0.1) is 19.0 Å². The maximum absolute atomic E-state index is 12.2. The van der Waals surface area contributed by atoms with Gasteiger partial charge in [-0.2, -0.15) is 5.10 Å². The highest BCUT2D eigenvalue weighted by Crippen LogP contribution is 2.21. The van der Waals surface area contributed by atoms with Crippen molar-refractivity contribution in [3.05, 3.63) is 45.0 Å². The second-order valence-electron chi connectivity index (χ2n) is 5.72. The summed E-state index contributed by atoms with van der Waals surface area (Å²) in [6.45, 7) is 7.59. The van der Waals surface area contributed by atoms with Gasteiger partial charge in [-0.15, -0.1) is 0 Å². The van der Waals surface area contributed by atoms with Crippen LogP contribution in [0.5, 0.6) is 11.6 Å². The molecule has 0 aliphatic heterocycles. The third kappa shape index (κ3) is 5.18. The van der Waals surface area contributed by atoms with Crippen molar-refractivity contribution in [1.29, 1.82) is 0 Å². The Morgan fingerprint density at radius 3 is 2.59 bits per heavy atom. The van der Waals surface area contributed by atoms with Crippen LogP contribution in [0.4, 0.5) is 0 Å². The first-order chi connectivity index (χ1) is 13.0. The summed E-state index contributed by atoms with van der Waals surface area (Å²) < 4.78 is 6.59. The number of rotatable bonds is 9. The third-order valence-electron chi connectivity index (χ3n) is 4.17. The number of nitrogens with zero attached hydrogens (tertiary/aromatic N) is 3. The van der Waals surface area contributed by atoms with Gasteiger partial charge in [-0.1, -0.05) is 13.8 Å². The Balaban J connectivity index is 2.23. The molecule has 0 spiro atoms. The summed E-state index contributed by atoms with van der Waals surface area (Å²) in [5.41, 5.74) is 3.00. The first kappa shape index (κ1) is 20.7. The number of H-pyrrole nitrogens is 1. The second-order valence-corrected chi connectivity index (χ2v) is 6.11. The summed E-state index contributed by atoms with van der Waals surface area (Å²) in [7, 11) is 1.57.